The molecule has 0 amide bonds. The van der Waals surface area contributed by atoms with Crippen LogP contribution in [-0.4, -0.2) is 22.6 Å². The van der Waals surface area contributed by atoms with E-state index in [0.29, 0.717) is 31.5 Å². The fraction of sp³-hybridized carbons (Fsp3) is 0.806. The number of carbonyl (C=O) groups is 3. The van der Waals surface area contributed by atoms with Gasteiger partial charge in [0.05, 0.1) is 11.0 Å². The van der Waals surface area contributed by atoms with Crippen LogP contribution in [0, 0.1) is 62.1 Å². The molecule has 0 heterocycles. The van der Waals surface area contributed by atoms with Gasteiger partial charge in [-0.05, 0) is 91.8 Å². The van der Waals surface area contributed by atoms with Crippen LogP contribution in [0.15, 0.2) is 11.6 Å². The number of hydrogen-bond donors (Lipinski definition) is 1. The Labute approximate surface area is 217 Å². The SMILES string of the molecule is C[C@@H]1C(=O)C(C#N)=C[C@]2(C)[C@H]3CC(=O)C4CCC(C)(C)CC[C@](C)(C(=O)O)CC[C@@]4(C)[C@]3(C)CC[C@@H]12. The van der Waals surface area contributed by atoms with E-state index >= 15 is 0 Å². The van der Waals surface area contributed by atoms with E-state index in [1.54, 1.807) is 0 Å². The number of aliphatic carboxylic acids is 1. The van der Waals surface area contributed by atoms with Crippen molar-refractivity contribution in [2.75, 3.05) is 0 Å². The molecule has 8 atom stereocenters. The fourth-order valence-corrected chi connectivity index (χ4v) is 9.09. The van der Waals surface area contributed by atoms with Gasteiger partial charge >= 0.3 is 5.97 Å². The molecule has 4 rings (SSSR count). The minimum absolute atomic E-state index is 0.0137. The number of carbonyl (C=O) groups excluding carboxylic acids is 2. The molecule has 1 unspecified atom stereocenters. The first-order valence-corrected chi connectivity index (χ1v) is 14.0. The number of rotatable bonds is 1. The lowest BCUT2D eigenvalue weighted by Crippen LogP contribution is -2.64. The summed E-state index contributed by atoms with van der Waals surface area (Å²) in [5.74, 6) is -0.657. The zero-order valence-electron chi connectivity index (χ0n) is 23.4. The molecule has 5 heteroatoms. The summed E-state index contributed by atoms with van der Waals surface area (Å²) in [5.41, 5.74) is -1.50. The molecular formula is C31H45NO4. The van der Waals surface area contributed by atoms with Gasteiger partial charge in [-0.2, -0.15) is 5.26 Å². The minimum Gasteiger partial charge on any atom is -0.481 e. The maximum atomic E-state index is 14.0. The Morgan fingerprint density at radius 2 is 1.58 bits per heavy atom. The Morgan fingerprint density at radius 1 is 0.944 bits per heavy atom. The van der Waals surface area contributed by atoms with Crippen molar-refractivity contribution >= 4 is 17.5 Å². The summed E-state index contributed by atoms with van der Waals surface area (Å²) in [6, 6.07) is 2.15. The summed E-state index contributed by atoms with van der Waals surface area (Å²) in [5, 5.41) is 20.0. The Bertz CT molecular complexity index is 1050. The van der Waals surface area contributed by atoms with Gasteiger partial charge in [-0.3, -0.25) is 14.4 Å². The van der Waals surface area contributed by atoms with E-state index in [1.807, 2.05) is 19.9 Å². The number of allylic oxidation sites excluding steroid dienone is 2. The second-order valence-corrected chi connectivity index (χ2v) is 14.5. The van der Waals surface area contributed by atoms with Crippen LogP contribution in [0.25, 0.3) is 0 Å². The van der Waals surface area contributed by atoms with Gasteiger partial charge in [0, 0.05) is 18.3 Å². The van der Waals surface area contributed by atoms with E-state index < -0.39 is 16.8 Å². The van der Waals surface area contributed by atoms with Gasteiger partial charge in [0.1, 0.15) is 11.9 Å². The maximum absolute atomic E-state index is 14.0. The Hall–Kier alpha value is -1.96. The average molecular weight is 496 g/mol. The normalized spacial score (nSPS) is 46.9. The minimum atomic E-state index is -0.810. The van der Waals surface area contributed by atoms with Crippen LogP contribution in [0.2, 0.25) is 0 Å². The first-order valence-electron chi connectivity index (χ1n) is 14.0. The van der Waals surface area contributed by atoms with Crippen molar-refractivity contribution in [3.05, 3.63) is 11.6 Å². The second-order valence-electron chi connectivity index (χ2n) is 14.5. The molecule has 1 N–H and O–H groups in total. The van der Waals surface area contributed by atoms with Crippen molar-refractivity contribution in [2.45, 2.75) is 106 Å². The molecule has 0 bridgehead atoms. The van der Waals surface area contributed by atoms with E-state index in [1.165, 1.54) is 0 Å². The van der Waals surface area contributed by atoms with Crippen LogP contribution in [0.5, 0.6) is 0 Å². The van der Waals surface area contributed by atoms with Crippen molar-refractivity contribution < 1.29 is 19.5 Å². The topological polar surface area (TPSA) is 95.2 Å². The zero-order valence-corrected chi connectivity index (χ0v) is 23.4. The van der Waals surface area contributed by atoms with Gasteiger partial charge < -0.3 is 5.11 Å². The fourth-order valence-electron chi connectivity index (χ4n) is 9.09. The molecule has 5 nitrogen and oxygen atoms in total. The predicted molar refractivity (Wildman–Crippen MR) is 139 cm³/mol. The van der Waals surface area contributed by atoms with Crippen molar-refractivity contribution in [2.24, 2.45) is 50.7 Å². The first-order chi connectivity index (χ1) is 16.5. The van der Waals surface area contributed by atoms with Crippen LogP contribution < -0.4 is 0 Å². The number of ketones is 2. The number of fused-ring (bicyclic) bond motifs is 5. The molecule has 3 saturated carbocycles. The molecule has 0 saturated heterocycles. The third-order valence-electron chi connectivity index (χ3n) is 12.2. The van der Waals surface area contributed by atoms with Crippen molar-refractivity contribution in [3.63, 3.8) is 0 Å². The quantitative estimate of drug-likeness (QED) is 0.433. The van der Waals surface area contributed by atoms with E-state index in [2.05, 4.69) is 40.7 Å². The van der Waals surface area contributed by atoms with Gasteiger partial charge in [-0.15, -0.1) is 0 Å². The second kappa shape index (κ2) is 8.53. The van der Waals surface area contributed by atoms with E-state index in [0.717, 1.165) is 32.1 Å². The lowest BCUT2D eigenvalue weighted by Gasteiger charge is -2.67. The number of hydrogen-bond acceptors (Lipinski definition) is 4. The predicted octanol–water partition coefficient (Wildman–Crippen LogP) is 6.76. The highest BCUT2D eigenvalue weighted by Crippen LogP contribution is 2.71. The summed E-state index contributed by atoms with van der Waals surface area (Å²) in [7, 11) is 0. The number of carboxylic acids is 1. The highest BCUT2D eigenvalue weighted by atomic mass is 16.4. The molecule has 3 fully saturated rings. The number of Topliss-reactive ketones (excluding diaryl/α,β-unsaturated/α-hetero) is 2. The zero-order chi connectivity index (χ0) is 26.9. The van der Waals surface area contributed by atoms with E-state index in [9.17, 15) is 24.8 Å². The molecule has 0 radical (unpaired) electrons. The third kappa shape index (κ3) is 3.81. The molecule has 0 aromatic rings. The van der Waals surface area contributed by atoms with Crippen molar-refractivity contribution in [3.8, 4) is 6.07 Å². The van der Waals surface area contributed by atoms with E-state index in [4.69, 9.17) is 0 Å². The molecule has 0 aromatic carbocycles. The van der Waals surface area contributed by atoms with Gasteiger partial charge in [-0.1, -0.05) is 47.6 Å². The Balaban J connectivity index is 1.84. The smallest absolute Gasteiger partial charge is 0.309 e. The van der Waals surface area contributed by atoms with Crippen molar-refractivity contribution in [1.82, 2.24) is 0 Å². The lowest BCUT2D eigenvalue weighted by molar-refractivity contribution is -0.186. The summed E-state index contributed by atoms with van der Waals surface area (Å²) >= 11 is 0. The van der Waals surface area contributed by atoms with Gasteiger partial charge in [0.2, 0.25) is 0 Å². The molecule has 198 valence electrons. The van der Waals surface area contributed by atoms with Crippen molar-refractivity contribution in [1.29, 1.82) is 5.26 Å². The van der Waals surface area contributed by atoms with Crippen LogP contribution in [-0.2, 0) is 14.4 Å². The van der Waals surface area contributed by atoms with Crippen LogP contribution in [0.3, 0.4) is 0 Å². The molecule has 0 aromatic heterocycles. The Kier molecular flexibility index (Phi) is 6.42. The molecule has 36 heavy (non-hydrogen) atoms. The van der Waals surface area contributed by atoms with Crippen LogP contribution in [0.4, 0.5) is 0 Å². The lowest BCUT2D eigenvalue weighted by atomic mass is 9.36. The monoisotopic (exact) mass is 495 g/mol. The highest BCUT2D eigenvalue weighted by molar-refractivity contribution is 6.01. The standard InChI is InChI=1S/C31H45NO4/c1-19-21-9-11-31(7)24(29(21,5)17-20(18-32)25(19)34)16-23(33)22-8-10-27(2,3)12-13-28(4,26(35)36)14-15-30(22,31)6/h17,19,21-22,24H,8-16H2,1-7H3,(H,35,36)/t19-,21-,22?,24+,28-,29-,30+,31+/m0/s1. The van der Waals surface area contributed by atoms with Gasteiger partial charge in [0.25, 0.3) is 0 Å². The number of nitrogens with zero attached hydrogens (tertiary/aromatic N) is 1. The largest absolute Gasteiger partial charge is 0.481 e. The molecule has 4 aliphatic carbocycles. The van der Waals surface area contributed by atoms with Crippen LogP contribution in [0.1, 0.15) is 106 Å². The Morgan fingerprint density at radius 3 is 2.19 bits per heavy atom. The molecule has 4 aliphatic rings. The van der Waals surface area contributed by atoms with Gasteiger partial charge in [-0.25, -0.2) is 0 Å². The summed E-state index contributed by atoms with van der Waals surface area (Å²) < 4.78 is 0. The van der Waals surface area contributed by atoms with Crippen LogP contribution >= 0.6 is 0 Å². The highest BCUT2D eigenvalue weighted by Gasteiger charge is 2.67. The maximum Gasteiger partial charge on any atom is 0.309 e. The van der Waals surface area contributed by atoms with Gasteiger partial charge in [0.15, 0.2) is 5.78 Å². The number of carboxylic acid groups (broad SMARTS) is 1. The third-order valence-corrected chi connectivity index (χ3v) is 12.2. The van der Waals surface area contributed by atoms with E-state index in [-0.39, 0.29) is 51.3 Å². The first kappa shape index (κ1) is 27.1. The summed E-state index contributed by atoms with van der Waals surface area (Å²) in [6.07, 6.45) is 8.77. The molecule has 0 spiro atoms. The molecule has 0 aliphatic heterocycles. The summed E-state index contributed by atoms with van der Waals surface area (Å²) in [4.78, 5) is 39.4. The number of nitriles is 1. The summed E-state index contributed by atoms with van der Waals surface area (Å²) in [6.45, 7) is 15.1. The average Bonchev–Trinajstić information content (AvgIpc) is 2.80. The molecular weight excluding hydrogens is 450 g/mol.